The van der Waals surface area contributed by atoms with Gasteiger partial charge in [0, 0.05) is 25.1 Å². The van der Waals surface area contributed by atoms with Crippen LogP contribution in [0, 0.1) is 0 Å². The first-order chi connectivity index (χ1) is 6.61. The number of carboxylic acid groups (broad SMARTS) is 1. The molecule has 14 heavy (non-hydrogen) atoms. The minimum Gasteiger partial charge on any atom is -0.481 e. The highest BCUT2D eigenvalue weighted by Crippen LogP contribution is 2.18. The van der Waals surface area contributed by atoms with E-state index in [0.717, 1.165) is 16.7 Å². The summed E-state index contributed by atoms with van der Waals surface area (Å²) in [6.07, 6.45) is 0.679. The third-order valence-corrected chi connectivity index (χ3v) is 2.71. The molecule has 1 aliphatic heterocycles. The molecule has 6 heteroatoms. The van der Waals surface area contributed by atoms with E-state index in [2.05, 4.69) is 0 Å². The molecule has 0 saturated carbocycles. The van der Waals surface area contributed by atoms with Gasteiger partial charge in [-0.3, -0.25) is 19.3 Å². The zero-order valence-corrected chi connectivity index (χ0v) is 8.38. The molecule has 1 heterocycles. The average Bonchev–Trinajstić information content (AvgIpc) is 2.09. The van der Waals surface area contributed by atoms with Crippen molar-refractivity contribution in [2.45, 2.75) is 19.3 Å². The number of hydrogen-bond acceptors (Lipinski definition) is 4. The van der Waals surface area contributed by atoms with Crippen molar-refractivity contribution in [2.24, 2.45) is 0 Å². The van der Waals surface area contributed by atoms with Crippen molar-refractivity contribution in [3.05, 3.63) is 0 Å². The van der Waals surface area contributed by atoms with Gasteiger partial charge in [-0.15, -0.1) is 0 Å². The molecule has 0 aromatic rings. The van der Waals surface area contributed by atoms with Crippen molar-refractivity contribution in [3.63, 3.8) is 0 Å². The lowest BCUT2D eigenvalue weighted by Gasteiger charge is -2.23. The van der Waals surface area contributed by atoms with Crippen LogP contribution in [0.15, 0.2) is 0 Å². The van der Waals surface area contributed by atoms with Gasteiger partial charge in [-0.25, -0.2) is 0 Å². The van der Waals surface area contributed by atoms with Crippen LogP contribution >= 0.6 is 11.8 Å². The third-order valence-electron chi connectivity index (χ3n) is 1.84. The predicted octanol–water partition coefficient (Wildman–Crippen LogP) is 0.937. The van der Waals surface area contributed by atoms with Crippen LogP contribution in [-0.4, -0.2) is 39.4 Å². The zero-order chi connectivity index (χ0) is 10.6. The fourth-order valence-electron chi connectivity index (χ4n) is 1.14. The Morgan fingerprint density at radius 2 is 2.21 bits per heavy atom. The first kappa shape index (κ1) is 11.0. The van der Waals surface area contributed by atoms with Gasteiger partial charge >= 0.3 is 5.97 Å². The standard InChI is InChI=1S/C8H11NO4S/c10-6-3-5-14-8(13)9(6)4-1-2-7(11)12/h1-5H2,(H,11,12). The Morgan fingerprint density at radius 1 is 1.50 bits per heavy atom. The second-order valence-corrected chi connectivity index (χ2v) is 3.95. The van der Waals surface area contributed by atoms with Crippen molar-refractivity contribution in [1.29, 1.82) is 0 Å². The Labute approximate surface area is 85.4 Å². The van der Waals surface area contributed by atoms with Crippen LogP contribution in [-0.2, 0) is 9.59 Å². The van der Waals surface area contributed by atoms with Crippen LogP contribution in [0.3, 0.4) is 0 Å². The van der Waals surface area contributed by atoms with E-state index in [4.69, 9.17) is 5.11 Å². The van der Waals surface area contributed by atoms with E-state index in [9.17, 15) is 14.4 Å². The van der Waals surface area contributed by atoms with E-state index in [1.54, 1.807) is 0 Å². The molecule has 0 spiro atoms. The molecule has 1 fully saturated rings. The van der Waals surface area contributed by atoms with E-state index in [-0.39, 0.29) is 24.1 Å². The highest BCUT2D eigenvalue weighted by Gasteiger charge is 2.25. The molecule has 1 N–H and O–H groups in total. The summed E-state index contributed by atoms with van der Waals surface area (Å²) in [6, 6.07) is 0. The van der Waals surface area contributed by atoms with Gasteiger partial charge in [0.15, 0.2) is 0 Å². The summed E-state index contributed by atoms with van der Waals surface area (Å²) in [7, 11) is 0. The molecule has 0 bridgehead atoms. The maximum absolute atomic E-state index is 11.2. The number of amides is 2. The number of carbonyl (C=O) groups excluding carboxylic acids is 2. The quantitative estimate of drug-likeness (QED) is 0.758. The second-order valence-electron chi connectivity index (χ2n) is 2.91. The highest BCUT2D eigenvalue weighted by molar-refractivity contribution is 8.13. The number of carboxylic acids is 1. The number of imide groups is 1. The van der Waals surface area contributed by atoms with Gasteiger partial charge in [-0.1, -0.05) is 11.8 Å². The smallest absolute Gasteiger partial charge is 0.303 e. The Hall–Kier alpha value is -1.04. The van der Waals surface area contributed by atoms with Crippen molar-refractivity contribution < 1.29 is 19.5 Å². The summed E-state index contributed by atoms with van der Waals surface area (Å²) in [5, 5.41) is 8.12. The minimum absolute atomic E-state index is 0.0122. The molecule has 0 aliphatic carbocycles. The maximum Gasteiger partial charge on any atom is 0.303 e. The number of rotatable bonds is 4. The zero-order valence-electron chi connectivity index (χ0n) is 7.56. The lowest BCUT2D eigenvalue weighted by molar-refractivity contribution is -0.137. The Bertz CT molecular complexity index is 250. The van der Waals surface area contributed by atoms with Gasteiger partial charge in [0.05, 0.1) is 0 Å². The molecule has 0 unspecified atom stereocenters. The number of aliphatic carboxylic acids is 1. The first-order valence-electron chi connectivity index (χ1n) is 4.30. The van der Waals surface area contributed by atoms with Crippen LogP contribution in [0.25, 0.3) is 0 Å². The van der Waals surface area contributed by atoms with E-state index < -0.39 is 5.97 Å². The molecule has 0 aromatic carbocycles. The number of hydrogen-bond donors (Lipinski definition) is 1. The molecule has 0 atom stereocenters. The molecule has 5 nitrogen and oxygen atoms in total. The molecule has 2 amide bonds. The monoisotopic (exact) mass is 217 g/mol. The Kier molecular flexibility index (Phi) is 3.94. The van der Waals surface area contributed by atoms with Crippen LogP contribution < -0.4 is 0 Å². The molecule has 1 saturated heterocycles. The first-order valence-corrected chi connectivity index (χ1v) is 5.28. The van der Waals surface area contributed by atoms with Crippen LogP contribution in [0.5, 0.6) is 0 Å². The van der Waals surface area contributed by atoms with Crippen molar-refractivity contribution in [1.82, 2.24) is 4.90 Å². The predicted molar refractivity (Wildman–Crippen MR) is 51.1 cm³/mol. The fourth-order valence-corrected chi connectivity index (χ4v) is 1.94. The average molecular weight is 217 g/mol. The Balaban J connectivity index is 2.37. The minimum atomic E-state index is -0.908. The van der Waals surface area contributed by atoms with Crippen LogP contribution in [0.1, 0.15) is 19.3 Å². The van der Waals surface area contributed by atoms with E-state index in [1.165, 1.54) is 0 Å². The van der Waals surface area contributed by atoms with Gasteiger partial charge in [-0.05, 0) is 6.42 Å². The summed E-state index contributed by atoms with van der Waals surface area (Å²) >= 11 is 1.11. The topological polar surface area (TPSA) is 74.7 Å². The molecule has 0 aromatic heterocycles. The van der Waals surface area contributed by atoms with Gasteiger partial charge in [0.2, 0.25) is 5.91 Å². The van der Waals surface area contributed by atoms with Crippen molar-refractivity contribution >= 4 is 28.9 Å². The number of carbonyl (C=O) groups is 3. The second kappa shape index (κ2) is 4.99. The number of nitrogens with zero attached hydrogens (tertiary/aromatic N) is 1. The van der Waals surface area contributed by atoms with Crippen LogP contribution in [0.4, 0.5) is 4.79 Å². The summed E-state index contributed by atoms with van der Waals surface area (Å²) in [5.74, 6) is -0.568. The number of thioether (sulfide) groups is 1. The SMILES string of the molecule is O=C(O)CCCN1C(=O)CCSC1=O. The van der Waals surface area contributed by atoms with Crippen LogP contribution in [0.2, 0.25) is 0 Å². The summed E-state index contributed by atoms with van der Waals surface area (Å²) in [5.41, 5.74) is 0. The largest absolute Gasteiger partial charge is 0.481 e. The molecule has 78 valence electrons. The summed E-state index contributed by atoms with van der Waals surface area (Å²) in [6.45, 7) is 0.219. The molecule has 0 radical (unpaired) electrons. The normalized spacial score (nSPS) is 17.3. The lowest BCUT2D eigenvalue weighted by Crippen LogP contribution is -2.38. The van der Waals surface area contributed by atoms with Crippen molar-refractivity contribution in [2.75, 3.05) is 12.3 Å². The van der Waals surface area contributed by atoms with Gasteiger partial charge in [0.25, 0.3) is 5.24 Å². The molecular weight excluding hydrogens is 206 g/mol. The maximum atomic E-state index is 11.2. The highest BCUT2D eigenvalue weighted by atomic mass is 32.2. The summed E-state index contributed by atoms with van der Waals surface area (Å²) in [4.78, 5) is 33.8. The molecule has 1 rings (SSSR count). The third kappa shape index (κ3) is 3.02. The Morgan fingerprint density at radius 3 is 2.79 bits per heavy atom. The van der Waals surface area contributed by atoms with Gasteiger partial charge in [0.1, 0.15) is 0 Å². The molecular formula is C8H11NO4S. The van der Waals surface area contributed by atoms with Gasteiger partial charge < -0.3 is 5.11 Å². The van der Waals surface area contributed by atoms with E-state index >= 15 is 0 Å². The lowest BCUT2D eigenvalue weighted by atomic mass is 10.3. The van der Waals surface area contributed by atoms with E-state index in [0.29, 0.717) is 18.6 Å². The van der Waals surface area contributed by atoms with E-state index in [1.807, 2.05) is 0 Å². The molecule has 1 aliphatic rings. The van der Waals surface area contributed by atoms with Gasteiger partial charge in [-0.2, -0.15) is 0 Å². The van der Waals surface area contributed by atoms with Crippen molar-refractivity contribution in [3.8, 4) is 0 Å². The summed E-state index contributed by atoms with van der Waals surface area (Å²) < 4.78 is 0. The fraction of sp³-hybridized carbons (Fsp3) is 0.625.